The predicted molar refractivity (Wildman–Crippen MR) is 64.1 cm³/mol. The lowest BCUT2D eigenvalue weighted by Crippen LogP contribution is -2.35. The molecule has 1 fully saturated rings. The number of nitrogens with zero attached hydrogens (tertiary/aromatic N) is 1. The summed E-state index contributed by atoms with van der Waals surface area (Å²) in [5.74, 6) is 0.809. The van der Waals surface area contributed by atoms with Gasteiger partial charge in [0.05, 0.1) is 0 Å². The lowest BCUT2D eigenvalue weighted by Gasteiger charge is -2.29. The summed E-state index contributed by atoms with van der Waals surface area (Å²) >= 11 is 5.75. The fraction of sp³-hybridized carbons (Fsp3) is 1.00. The predicted octanol–water partition coefficient (Wildman–Crippen LogP) is 3.66. The third-order valence-corrected chi connectivity index (χ3v) is 3.59. The van der Waals surface area contributed by atoms with E-state index in [1.54, 1.807) is 0 Å². The average molecular weight is 218 g/mol. The first-order chi connectivity index (χ1) is 6.88. The van der Waals surface area contributed by atoms with Crippen LogP contribution in [0.3, 0.4) is 0 Å². The molecule has 0 spiro atoms. The minimum Gasteiger partial charge on any atom is -0.301 e. The number of halogens is 1. The Bertz CT molecular complexity index is 130. The molecule has 0 radical (unpaired) electrons. The maximum absolute atomic E-state index is 5.75. The van der Waals surface area contributed by atoms with Crippen molar-refractivity contribution in [3.63, 3.8) is 0 Å². The molecule has 1 aliphatic rings. The molecule has 0 aromatic rings. The van der Waals surface area contributed by atoms with Crippen molar-refractivity contribution < 1.29 is 0 Å². The Hall–Kier alpha value is 0.250. The van der Waals surface area contributed by atoms with Crippen molar-refractivity contribution in [1.82, 2.24) is 4.90 Å². The Morgan fingerprint density at radius 3 is 2.29 bits per heavy atom. The molecule has 0 heterocycles. The fourth-order valence-electron chi connectivity index (χ4n) is 2.48. The van der Waals surface area contributed by atoms with Crippen LogP contribution in [0, 0.1) is 0 Å². The molecule has 1 aliphatic carbocycles. The highest BCUT2D eigenvalue weighted by Crippen LogP contribution is 2.21. The van der Waals surface area contributed by atoms with Gasteiger partial charge in [-0.15, -0.1) is 11.6 Å². The molecule has 0 aromatic carbocycles. The van der Waals surface area contributed by atoms with Crippen LogP contribution in [-0.2, 0) is 0 Å². The standard InChI is InChI=1S/C12H24ClN/c1-2-14(11-7-10-13)12-8-5-3-4-6-9-12/h12H,2-11H2,1H3. The van der Waals surface area contributed by atoms with E-state index in [2.05, 4.69) is 11.8 Å². The van der Waals surface area contributed by atoms with E-state index in [1.165, 1.54) is 51.6 Å². The van der Waals surface area contributed by atoms with Crippen LogP contribution in [0.25, 0.3) is 0 Å². The largest absolute Gasteiger partial charge is 0.301 e. The Kier molecular flexibility index (Phi) is 6.63. The zero-order chi connectivity index (χ0) is 10.2. The van der Waals surface area contributed by atoms with Crippen LogP contribution < -0.4 is 0 Å². The molecular formula is C12H24ClN. The molecular weight excluding hydrogens is 194 g/mol. The minimum absolute atomic E-state index is 0.809. The third-order valence-electron chi connectivity index (χ3n) is 3.33. The SMILES string of the molecule is CCN(CCCCl)C1CCCCCC1. The van der Waals surface area contributed by atoms with Crippen molar-refractivity contribution in [2.24, 2.45) is 0 Å². The van der Waals surface area contributed by atoms with Gasteiger partial charge in [0.2, 0.25) is 0 Å². The van der Waals surface area contributed by atoms with Gasteiger partial charge in [-0.3, -0.25) is 0 Å². The van der Waals surface area contributed by atoms with Gasteiger partial charge < -0.3 is 4.90 Å². The van der Waals surface area contributed by atoms with Gasteiger partial charge in [-0.1, -0.05) is 32.6 Å². The number of hydrogen-bond acceptors (Lipinski definition) is 1. The molecule has 0 N–H and O–H groups in total. The van der Waals surface area contributed by atoms with Gasteiger partial charge in [0.15, 0.2) is 0 Å². The van der Waals surface area contributed by atoms with E-state index in [0.29, 0.717) is 0 Å². The van der Waals surface area contributed by atoms with Gasteiger partial charge in [-0.25, -0.2) is 0 Å². The molecule has 0 saturated heterocycles. The summed E-state index contributed by atoms with van der Waals surface area (Å²) in [6.45, 7) is 4.67. The molecule has 0 unspecified atom stereocenters. The summed E-state index contributed by atoms with van der Waals surface area (Å²) in [4.78, 5) is 2.63. The first-order valence-electron chi connectivity index (χ1n) is 6.18. The Morgan fingerprint density at radius 2 is 1.79 bits per heavy atom. The summed E-state index contributed by atoms with van der Waals surface area (Å²) in [5.41, 5.74) is 0. The Morgan fingerprint density at radius 1 is 1.14 bits per heavy atom. The van der Waals surface area contributed by atoms with Crippen LogP contribution in [0.5, 0.6) is 0 Å². The second-order valence-corrected chi connectivity index (χ2v) is 4.69. The second kappa shape index (κ2) is 7.53. The maximum Gasteiger partial charge on any atom is 0.0235 e. The summed E-state index contributed by atoms with van der Waals surface area (Å²) < 4.78 is 0. The van der Waals surface area contributed by atoms with E-state index in [0.717, 1.165) is 18.3 Å². The molecule has 2 heteroatoms. The summed E-state index contributed by atoms with van der Waals surface area (Å²) in [6.07, 6.45) is 9.73. The topological polar surface area (TPSA) is 3.24 Å². The molecule has 0 atom stereocenters. The zero-order valence-electron chi connectivity index (χ0n) is 9.47. The third kappa shape index (κ3) is 4.18. The highest BCUT2D eigenvalue weighted by Gasteiger charge is 2.17. The van der Waals surface area contributed by atoms with Gasteiger partial charge in [0, 0.05) is 11.9 Å². The van der Waals surface area contributed by atoms with Crippen LogP contribution in [0.4, 0.5) is 0 Å². The molecule has 0 amide bonds. The smallest absolute Gasteiger partial charge is 0.0235 e. The molecule has 1 nitrogen and oxygen atoms in total. The van der Waals surface area contributed by atoms with Gasteiger partial charge >= 0.3 is 0 Å². The summed E-state index contributed by atoms with van der Waals surface area (Å²) in [5, 5.41) is 0. The van der Waals surface area contributed by atoms with Crippen molar-refractivity contribution in [1.29, 1.82) is 0 Å². The summed E-state index contributed by atoms with van der Waals surface area (Å²) in [7, 11) is 0. The highest BCUT2D eigenvalue weighted by molar-refractivity contribution is 6.17. The van der Waals surface area contributed by atoms with Crippen molar-refractivity contribution in [2.45, 2.75) is 57.9 Å². The van der Waals surface area contributed by atoms with Gasteiger partial charge in [-0.2, -0.15) is 0 Å². The van der Waals surface area contributed by atoms with E-state index in [-0.39, 0.29) is 0 Å². The van der Waals surface area contributed by atoms with E-state index < -0.39 is 0 Å². The van der Waals surface area contributed by atoms with E-state index in [1.807, 2.05) is 0 Å². The van der Waals surface area contributed by atoms with Crippen LogP contribution in [0.2, 0.25) is 0 Å². The second-order valence-electron chi connectivity index (χ2n) is 4.32. The Balaban J connectivity index is 2.32. The van der Waals surface area contributed by atoms with E-state index in [9.17, 15) is 0 Å². The molecule has 84 valence electrons. The molecule has 0 aromatic heterocycles. The van der Waals surface area contributed by atoms with Crippen LogP contribution in [0.1, 0.15) is 51.9 Å². The van der Waals surface area contributed by atoms with E-state index in [4.69, 9.17) is 11.6 Å². The lowest BCUT2D eigenvalue weighted by atomic mass is 10.1. The quantitative estimate of drug-likeness (QED) is 0.502. The first kappa shape index (κ1) is 12.3. The lowest BCUT2D eigenvalue weighted by molar-refractivity contribution is 0.189. The van der Waals surface area contributed by atoms with Crippen LogP contribution >= 0.6 is 11.6 Å². The van der Waals surface area contributed by atoms with Gasteiger partial charge in [0.25, 0.3) is 0 Å². The first-order valence-corrected chi connectivity index (χ1v) is 6.72. The van der Waals surface area contributed by atoms with Crippen molar-refractivity contribution in [3.8, 4) is 0 Å². The monoisotopic (exact) mass is 217 g/mol. The average Bonchev–Trinajstić information content (AvgIpc) is 2.48. The van der Waals surface area contributed by atoms with Crippen LogP contribution in [0.15, 0.2) is 0 Å². The normalized spacial score (nSPS) is 19.9. The molecule has 14 heavy (non-hydrogen) atoms. The highest BCUT2D eigenvalue weighted by atomic mass is 35.5. The maximum atomic E-state index is 5.75. The molecule has 0 bridgehead atoms. The molecule has 1 rings (SSSR count). The molecule has 1 saturated carbocycles. The Labute approximate surface area is 93.8 Å². The summed E-state index contributed by atoms with van der Waals surface area (Å²) in [6, 6.07) is 0.853. The van der Waals surface area contributed by atoms with Gasteiger partial charge in [-0.05, 0) is 32.4 Å². The van der Waals surface area contributed by atoms with Gasteiger partial charge in [0.1, 0.15) is 0 Å². The zero-order valence-corrected chi connectivity index (χ0v) is 10.2. The number of alkyl halides is 1. The van der Waals surface area contributed by atoms with Crippen LogP contribution in [-0.4, -0.2) is 29.9 Å². The number of rotatable bonds is 5. The van der Waals surface area contributed by atoms with E-state index >= 15 is 0 Å². The number of hydrogen-bond donors (Lipinski definition) is 0. The fourth-order valence-corrected chi connectivity index (χ4v) is 2.60. The van der Waals surface area contributed by atoms with Crippen molar-refractivity contribution >= 4 is 11.6 Å². The molecule has 0 aliphatic heterocycles. The van der Waals surface area contributed by atoms with Crippen molar-refractivity contribution in [2.75, 3.05) is 19.0 Å². The van der Waals surface area contributed by atoms with Crippen molar-refractivity contribution in [3.05, 3.63) is 0 Å². The minimum atomic E-state index is 0.809.